The molecule has 0 spiro atoms. The van der Waals surface area contributed by atoms with Crippen molar-refractivity contribution in [3.63, 3.8) is 0 Å². The first-order valence-electron chi connectivity index (χ1n) is 43.6. The van der Waals surface area contributed by atoms with Gasteiger partial charge in [-0.3, -0.25) is 0 Å². The maximum atomic E-state index is 9.10. The first-order chi connectivity index (χ1) is 58.3. The van der Waals surface area contributed by atoms with E-state index in [1.807, 2.05) is 49.0 Å². The Bertz CT molecular complexity index is 7580. The van der Waals surface area contributed by atoms with E-state index in [1.54, 1.807) is 6.07 Å². The molecule has 115 heavy (non-hydrogen) atoms. The molecule has 8 heteroatoms. The summed E-state index contributed by atoms with van der Waals surface area (Å²) in [5.74, 6) is -2.61. The van der Waals surface area contributed by atoms with Crippen molar-refractivity contribution in [2.75, 3.05) is 0 Å². The van der Waals surface area contributed by atoms with E-state index in [9.17, 15) is 0 Å². The van der Waals surface area contributed by atoms with Gasteiger partial charge in [0.05, 0.1) is 22.3 Å². The molecule has 8 aromatic heterocycles. The Balaban J connectivity index is 0.000000107. The molecule has 1 atom stereocenters. The first-order valence-corrected chi connectivity index (χ1v) is 40.6. The molecule has 566 valence electrons. The highest BCUT2D eigenvalue weighted by atomic mass is 16.3. The smallest absolute Gasteiger partial charge is 0.212 e. The molecule has 2 saturated carbocycles. The van der Waals surface area contributed by atoms with E-state index in [0.717, 1.165) is 184 Å². The number of furan rings is 4. The van der Waals surface area contributed by atoms with Crippen LogP contribution in [-0.4, -0.2) is 0 Å². The maximum Gasteiger partial charge on any atom is 0.212 e. The minimum absolute atomic E-state index is 0.445. The number of rotatable bonds is 7. The summed E-state index contributed by atoms with van der Waals surface area (Å²) >= 11 is 0. The molecule has 8 nitrogen and oxygen atoms in total. The van der Waals surface area contributed by atoms with Gasteiger partial charge in [0.15, 0.2) is 24.8 Å². The Morgan fingerprint density at radius 1 is 0.313 bits per heavy atom. The number of nitrogens with zero attached hydrogens (tertiary/aromatic N) is 4. The maximum absolute atomic E-state index is 9.10. The number of fused-ring (bicyclic) bond motifs is 20. The van der Waals surface area contributed by atoms with Crippen LogP contribution in [-0.2, 0) is 28.2 Å². The van der Waals surface area contributed by atoms with Crippen molar-refractivity contribution in [1.82, 2.24) is 0 Å². The molecule has 0 amide bonds. The number of aryl methyl sites for hydroxylation is 9. The standard InChI is InChI=1S/C29H28NO.C28H26NO.C26H24NO.C24H20NO/c1-19-16-26-24-13-12-21-10-6-7-11-23(21)29(24)31-28(26)18-25(19)27-17-22(14-15-30(27)2)20-8-4-3-5-9-20;1-18-15-25-23-12-11-20-9-5-6-10-22(20)28(23)30-27(25)17-24(18)26-16-21(13-14-29(26)2)19-7-3-4-8-19;1-16(2)19-11-12-27(4)24(14-19)22-15-25-23(13-17(22)3)21-10-9-18-7-5-6-8-20(18)26(21)28-25;1-15-10-11-25(3)22(12-15)20-14-23-21(13-16(20)2)19-9-8-17-6-4-5-7-18(17)24(19)26-23/h6-7,10-18,20H,3-5,8-9H2,1-2H3;5-6,9-17,19H,3-4,7-8H2,1-2H3;5-16H,1-4H3;4-14H,1-3H3/q4*+1/i20D;19D;1D3,16D;. The zero-order valence-electron chi connectivity index (χ0n) is 73.2. The zero-order valence-corrected chi connectivity index (χ0v) is 67.2. The lowest BCUT2D eigenvalue weighted by Crippen LogP contribution is -2.31. The molecule has 0 radical (unpaired) electrons. The minimum Gasteiger partial charge on any atom is -0.455 e. The molecule has 1 unspecified atom stereocenters. The lowest BCUT2D eigenvalue weighted by atomic mass is 9.84. The van der Waals surface area contributed by atoms with Crippen molar-refractivity contribution in [3.05, 3.63) is 312 Å². The summed E-state index contributed by atoms with van der Waals surface area (Å²) in [6.07, 6.45) is 17.8. The van der Waals surface area contributed by atoms with Crippen LogP contribution in [0.3, 0.4) is 0 Å². The molecule has 20 aromatic rings. The van der Waals surface area contributed by atoms with Gasteiger partial charge in [-0.1, -0.05) is 167 Å². The van der Waals surface area contributed by atoms with E-state index in [4.69, 9.17) is 25.9 Å². The number of pyridine rings is 4. The third-order valence-electron chi connectivity index (χ3n) is 24.6. The van der Waals surface area contributed by atoms with E-state index < -0.39 is 24.5 Å². The van der Waals surface area contributed by atoms with Gasteiger partial charge >= 0.3 is 0 Å². The molecule has 8 heterocycles. The summed E-state index contributed by atoms with van der Waals surface area (Å²) < 4.78 is 84.0. The second-order valence-electron chi connectivity index (χ2n) is 32.2. The third-order valence-corrected chi connectivity index (χ3v) is 24.6. The fourth-order valence-corrected chi connectivity index (χ4v) is 18.2. The predicted octanol–water partition coefficient (Wildman–Crippen LogP) is 27.3. The summed E-state index contributed by atoms with van der Waals surface area (Å²) in [6, 6.07) is 84.7. The van der Waals surface area contributed by atoms with Crippen molar-refractivity contribution in [2.45, 2.75) is 124 Å². The quantitative estimate of drug-likeness (QED) is 0.149. The molecule has 2 fully saturated rings. The Kier molecular flexibility index (Phi) is 17.1. The van der Waals surface area contributed by atoms with Crippen molar-refractivity contribution in [1.29, 1.82) is 0 Å². The van der Waals surface area contributed by atoms with Crippen LogP contribution in [0.5, 0.6) is 0 Å². The summed E-state index contributed by atoms with van der Waals surface area (Å²) in [5, 5.41) is 18.4. The van der Waals surface area contributed by atoms with E-state index >= 15 is 0 Å². The van der Waals surface area contributed by atoms with Crippen LogP contribution in [0.25, 0.3) is 176 Å². The summed E-state index contributed by atoms with van der Waals surface area (Å²) in [7, 11) is 8.18. The van der Waals surface area contributed by atoms with E-state index in [1.165, 1.54) is 95.7 Å². The number of hydrogen-bond donors (Lipinski definition) is 0. The van der Waals surface area contributed by atoms with Gasteiger partial charge in [0.1, 0.15) is 72.9 Å². The van der Waals surface area contributed by atoms with Crippen LogP contribution >= 0.6 is 0 Å². The van der Waals surface area contributed by atoms with Crippen LogP contribution in [0.4, 0.5) is 0 Å². The van der Waals surface area contributed by atoms with Gasteiger partial charge in [-0.05, 0) is 217 Å². The molecule has 0 bridgehead atoms. The molecule has 0 N–H and O–H groups in total. The SMILES string of the molecule is Cc1cc[n+](C)c(-c2cc3oc4c5ccccc5ccc4c3cc2C)c1.[2H]C([2H])([2H])C([2H])(C)c1cc[n+](C)c(-c2cc3oc4c5ccccc5ccc4c3cc2C)c1.[2H]C1(c2cc[n+](C)c(-c3cc4oc5c6ccccc6ccc5c4cc3C)c2)CCCC1.[2H]C1(c2cc[n+](C)c(-c3cc4oc5c6ccccc6ccc5c4cc3C)c2)CCCCC1. The van der Waals surface area contributed by atoms with Crippen LogP contribution < -0.4 is 18.3 Å². The minimum atomic E-state index is -2.43. The molecule has 0 aliphatic heterocycles. The molecule has 22 rings (SSSR count). The second kappa shape index (κ2) is 29.8. The fourth-order valence-electron chi connectivity index (χ4n) is 18.2. The monoisotopic (exact) mass is 1510 g/mol. The average Bonchev–Trinajstić information content (AvgIpc) is 1.61. The van der Waals surface area contributed by atoms with Gasteiger partial charge < -0.3 is 17.7 Å². The van der Waals surface area contributed by atoms with E-state index in [2.05, 4.69) is 293 Å². The second-order valence-corrected chi connectivity index (χ2v) is 32.2. The number of aromatic nitrogens is 4. The van der Waals surface area contributed by atoms with Gasteiger partial charge in [-0.2, -0.15) is 0 Å². The van der Waals surface area contributed by atoms with E-state index in [-0.39, 0.29) is 0 Å². The van der Waals surface area contributed by atoms with Crippen molar-refractivity contribution >= 4 is 131 Å². The highest BCUT2D eigenvalue weighted by Crippen LogP contribution is 2.44. The van der Waals surface area contributed by atoms with E-state index in [0.29, 0.717) is 5.56 Å². The predicted molar refractivity (Wildman–Crippen MR) is 476 cm³/mol. The Hall–Kier alpha value is -12.5. The Morgan fingerprint density at radius 3 is 0.948 bits per heavy atom. The van der Waals surface area contributed by atoms with Crippen LogP contribution in [0.1, 0.15) is 142 Å². The number of benzene rings is 12. The molecule has 2 aliphatic carbocycles. The topological polar surface area (TPSA) is 68.1 Å². The Morgan fingerprint density at radius 2 is 0.609 bits per heavy atom. The van der Waals surface area contributed by atoms with Gasteiger partial charge in [-0.25, -0.2) is 18.3 Å². The van der Waals surface area contributed by atoms with Crippen molar-refractivity contribution in [3.8, 4) is 45.0 Å². The van der Waals surface area contributed by atoms with Gasteiger partial charge in [0, 0.05) is 121 Å². The highest BCUT2D eigenvalue weighted by molar-refractivity contribution is 6.19. The summed E-state index contributed by atoms with van der Waals surface area (Å²) in [6.45, 7) is 9.72. The summed E-state index contributed by atoms with van der Waals surface area (Å²) in [5.41, 5.74) is 24.9. The third kappa shape index (κ3) is 13.3. The highest BCUT2D eigenvalue weighted by Gasteiger charge is 2.27. The van der Waals surface area contributed by atoms with Gasteiger partial charge in [0.25, 0.3) is 0 Å². The van der Waals surface area contributed by atoms with Gasteiger partial charge in [0.2, 0.25) is 22.8 Å². The lowest BCUT2D eigenvalue weighted by Gasteiger charge is -2.21. The average molecular weight is 1510 g/mol. The van der Waals surface area contributed by atoms with Crippen LogP contribution in [0.15, 0.2) is 285 Å². The normalized spacial score (nSPS) is 15.5. The van der Waals surface area contributed by atoms with Gasteiger partial charge in [-0.15, -0.1) is 0 Å². The molecular weight excluding hydrogens is 1410 g/mol. The molecule has 0 saturated heterocycles. The molecule has 2 aliphatic rings. The Labute approximate surface area is 680 Å². The number of hydrogen-bond acceptors (Lipinski definition) is 4. The molecule has 12 aromatic carbocycles. The fraction of sp³-hybridized carbons (Fsp3) is 0.215. The van der Waals surface area contributed by atoms with Crippen molar-refractivity contribution in [2.24, 2.45) is 28.2 Å². The summed E-state index contributed by atoms with van der Waals surface area (Å²) in [4.78, 5) is 0. The zero-order chi connectivity index (χ0) is 83.7. The largest absolute Gasteiger partial charge is 0.455 e. The van der Waals surface area contributed by atoms with Crippen molar-refractivity contribution < 1.29 is 44.2 Å². The molecular formula is C107H98N4O4+4. The lowest BCUT2D eigenvalue weighted by molar-refractivity contribution is -0.660. The van der Waals surface area contributed by atoms with Crippen LogP contribution in [0.2, 0.25) is 0 Å². The first kappa shape index (κ1) is 66.0. The van der Waals surface area contributed by atoms with Crippen LogP contribution in [0, 0.1) is 34.6 Å².